The summed E-state index contributed by atoms with van der Waals surface area (Å²) in [6.45, 7) is 1.76. The molecule has 0 aromatic carbocycles. The molecule has 0 spiro atoms. The molecule has 1 fully saturated rings. The molecule has 0 bridgehead atoms. The lowest BCUT2D eigenvalue weighted by atomic mass is 10.1. The number of nitrogens with zero attached hydrogens (tertiary/aromatic N) is 2. The lowest BCUT2D eigenvalue weighted by Gasteiger charge is -2.32. The Balaban J connectivity index is 2.27. The molecule has 1 aliphatic heterocycles. The van der Waals surface area contributed by atoms with Crippen LogP contribution in [0.1, 0.15) is 22.5 Å². The molecule has 0 unspecified atom stereocenters. The van der Waals surface area contributed by atoms with Crippen LogP contribution in [0.15, 0.2) is 0 Å². The zero-order valence-corrected chi connectivity index (χ0v) is 13.8. The number of methoxy groups -OCH3 is 2. The summed E-state index contributed by atoms with van der Waals surface area (Å²) in [5.74, 6) is 0.523. The Labute approximate surface area is 129 Å². The molecule has 0 saturated carbocycles. The third-order valence-electron chi connectivity index (χ3n) is 3.75. The van der Waals surface area contributed by atoms with Crippen molar-refractivity contribution in [2.45, 2.75) is 18.9 Å². The number of hydrogen-bond donors (Lipinski definition) is 1. The van der Waals surface area contributed by atoms with E-state index in [4.69, 9.17) is 15.2 Å². The summed E-state index contributed by atoms with van der Waals surface area (Å²) in [4.78, 5) is 16.5. The van der Waals surface area contributed by atoms with Crippen LogP contribution in [-0.2, 0) is 4.74 Å². The highest BCUT2D eigenvalue weighted by atomic mass is 32.1. The molecule has 1 aromatic heterocycles. The van der Waals surface area contributed by atoms with E-state index in [1.807, 2.05) is 0 Å². The van der Waals surface area contributed by atoms with Gasteiger partial charge >= 0.3 is 0 Å². The summed E-state index contributed by atoms with van der Waals surface area (Å²) in [5.41, 5.74) is 6.54. The van der Waals surface area contributed by atoms with Crippen molar-refractivity contribution in [3.05, 3.63) is 4.88 Å². The van der Waals surface area contributed by atoms with Gasteiger partial charge in [-0.2, -0.15) is 0 Å². The van der Waals surface area contributed by atoms with E-state index in [0.29, 0.717) is 22.4 Å². The number of amides is 1. The highest BCUT2D eigenvalue weighted by molar-refractivity contribution is 7.19. The third kappa shape index (κ3) is 3.08. The maximum Gasteiger partial charge on any atom is 0.265 e. The summed E-state index contributed by atoms with van der Waals surface area (Å²) in [7, 11) is 6.78. The van der Waals surface area contributed by atoms with E-state index in [9.17, 15) is 4.79 Å². The number of nitrogen functional groups attached to an aromatic ring is 1. The minimum absolute atomic E-state index is 0.0890. The van der Waals surface area contributed by atoms with Crippen molar-refractivity contribution in [1.29, 1.82) is 0 Å². The molecule has 6 nitrogen and oxygen atoms in total. The van der Waals surface area contributed by atoms with Crippen LogP contribution in [0.4, 0.5) is 10.7 Å². The molecule has 7 heteroatoms. The first-order valence-corrected chi connectivity index (χ1v) is 7.76. The maximum atomic E-state index is 12.2. The number of carbonyl (C=O) groups is 1. The smallest absolute Gasteiger partial charge is 0.265 e. The molecule has 0 aliphatic carbocycles. The van der Waals surface area contributed by atoms with Crippen molar-refractivity contribution < 1.29 is 14.3 Å². The first-order valence-electron chi connectivity index (χ1n) is 6.95. The lowest BCUT2D eigenvalue weighted by molar-refractivity contribution is 0.0819. The average molecular weight is 313 g/mol. The van der Waals surface area contributed by atoms with Gasteiger partial charge in [-0.3, -0.25) is 4.79 Å². The number of rotatable bonds is 4. The van der Waals surface area contributed by atoms with E-state index in [2.05, 4.69) is 4.90 Å². The fourth-order valence-corrected chi connectivity index (χ4v) is 3.74. The number of carbonyl (C=O) groups excluding carboxylic acids is 1. The van der Waals surface area contributed by atoms with E-state index < -0.39 is 0 Å². The molecule has 21 heavy (non-hydrogen) atoms. The summed E-state index contributed by atoms with van der Waals surface area (Å²) < 4.78 is 10.8. The number of nitrogens with two attached hydrogens (primary N) is 1. The Bertz CT molecular complexity index is 508. The highest BCUT2D eigenvalue weighted by Crippen LogP contribution is 2.45. The Morgan fingerprint density at radius 3 is 2.43 bits per heavy atom. The zero-order valence-electron chi connectivity index (χ0n) is 13.0. The summed E-state index contributed by atoms with van der Waals surface area (Å²) in [5, 5.41) is 0.940. The zero-order chi connectivity index (χ0) is 15.6. The molecule has 0 atom stereocenters. The molecule has 1 aliphatic rings. The van der Waals surface area contributed by atoms with Gasteiger partial charge in [0.1, 0.15) is 15.6 Å². The summed E-state index contributed by atoms with van der Waals surface area (Å²) >= 11 is 1.41. The second-order valence-corrected chi connectivity index (χ2v) is 6.30. The van der Waals surface area contributed by atoms with Gasteiger partial charge in [-0.15, -0.1) is 11.3 Å². The van der Waals surface area contributed by atoms with Crippen LogP contribution >= 0.6 is 11.3 Å². The molecule has 1 amide bonds. The van der Waals surface area contributed by atoms with Gasteiger partial charge in [0.25, 0.3) is 5.91 Å². The van der Waals surface area contributed by atoms with Gasteiger partial charge in [0.05, 0.1) is 13.2 Å². The van der Waals surface area contributed by atoms with Crippen molar-refractivity contribution in [3.8, 4) is 5.75 Å². The topological polar surface area (TPSA) is 68.0 Å². The average Bonchev–Trinajstić information content (AvgIpc) is 2.83. The number of thiophene rings is 1. The highest BCUT2D eigenvalue weighted by Gasteiger charge is 2.28. The molecule has 1 aromatic rings. The van der Waals surface area contributed by atoms with Crippen LogP contribution in [-0.4, -0.2) is 58.3 Å². The van der Waals surface area contributed by atoms with E-state index >= 15 is 0 Å². The van der Waals surface area contributed by atoms with Crippen molar-refractivity contribution in [2.75, 3.05) is 52.0 Å². The first-order chi connectivity index (χ1) is 9.99. The van der Waals surface area contributed by atoms with E-state index in [0.717, 1.165) is 30.9 Å². The predicted molar refractivity (Wildman–Crippen MR) is 85.5 cm³/mol. The largest absolute Gasteiger partial charge is 0.492 e. The van der Waals surface area contributed by atoms with Crippen LogP contribution in [0.3, 0.4) is 0 Å². The van der Waals surface area contributed by atoms with Crippen LogP contribution in [0.25, 0.3) is 0 Å². The van der Waals surface area contributed by atoms with Gasteiger partial charge in [-0.05, 0) is 12.8 Å². The molecule has 1 saturated heterocycles. The van der Waals surface area contributed by atoms with Crippen molar-refractivity contribution in [3.63, 3.8) is 0 Å². The molecular formula is C14H23N3O3S. The minimum atomic E-state index is -0.0890. The molecule has 2 N–H and O–H groups in total. The number of anilines is 2. The predicted octanol–water partition coefficient (Wildman–Crippen LogP) is 1.66. The Morgan fingerprint density at radius 2 is 1.95 bits per heavy atom. The second-order valence-electron chi connectivity index (χ2n) is 5.30. The van der Waals surface area contributed by atoms with Crippen molar-refractivity contribution in [2.24, 2.45) is 0 Å². The Hall–Kier alpha value is -1.47. The number of hydrogen-bond acceptors (Lipinski definition) is 6. The Morgan fingerprint density at radius 1 is 1.33 bits per heavy atom. The first kappa shape index (κ1) is 15.9. The normalized spacial score (nSPS) is 16.1. The Kier molecular flexibility index (Phi) is 4.95. The van der Waals surface area contributed by atoms with Gasteiger partial charge in [0.15, 0.2) is 5.75 Å². The quantitative estimate of drug-likeness (QED) is 0.915. The third-order valence-corrected chi connectivity index (χ3v) is 4.98. The van der Waals surface area contributed by atoms with Crippen LogP contribution < -0.4 is 15.4 Å². The van der Waals surface area contributed by atoms with Crippen LogP contribution in [0.5, 0.6) is 5.75 Å². The van der Waals surface area contributed by atoms with Crippen molar-refractivity contribution >= 4 is 27.9 Å². The minimum Gasteiger partial charge on any atom is -0.492 e. The fourth-order valence-electron chi connectivity index (χ4n) is 2.48. The van der Waals surface area contributed by atoms with Gasteiger partial charge in [-0.1, -0.05) is 0 Å². The lowest BCUT2D eigenvalue weighted by Crippen LogP contribution is -2.36. The molecule has 2 heterocycles. The standard InChI is InChI=1S/C14H23N3O3S/c1-16(2)13(18)12-10(15)11(20-4)14(21-12)17-7-5-9(19-3)6-8-17/h9H,5-8,15H2,1-4H3. The number of ether oxygens (including phenoxy) is 2. The molecular weight excluding hydrogens is 290 g/mol. The number of piperidine rings is 1. The van der Waals surface area contributed by atoms with Gasteiger partial charge < -0.3 is 25.0 Å². The second kappa shape index (κ2) is 6.53. The van der Waals surface area contributed by atoms with Crippen LogP contribution in [0.2, 0.25) is 0 Å². The fraction of sp³-hybridized carbons (Fsp3) is 0.643. The molecule has 2 rings (SSSR count). The van der Waals surface area contributed by atoms with E-state index in [-0.39, 0.29) is 5.91 Å². The monoisotopic (exact) mass is 313 g/mol. The van der Waals surface area contributed by atoms with Crippen LogP contribution in [0, 0.1) is 0 Å². The van der Waals surface area contributed by atoms with Gasteiger partial charge in [0.2, 0.25) is 0 Å². The molecule has 0 radical (unpaired) electrons. The van der Waals surface area contributed by atoms with E-state index in [1.165, 1.54) is 16.2 Å². The van der Waals surface area contributed by atoms with Gasteiger partial charge in [0, 0.05) is 34.3 Å². The SMILES string of the molecule is COc1c(N2CCC(OC)CC2)sc(C(=O)N(C)C)c1N. The van der Waals surface area contributed by atoms with E-state index in [1.54, 1.807) is 28.3 Å². The van der Waals surface area contributed by atoms with Crippen molar-refractivity contribution in [1.82, 2.24) is 4.90 Å². The van der Waals surface area contributed by atoms with Gasteiger partial charge in [-0.25, -0.2) is 0 Å². The summed E-state index contributed by atoms with van der Waals surface area (Å²) in [6.07, 6.45) is 2.25. The maximum absolute atomic E-state index is 12.2. The summed E-state index contributed by atoms with van der Waals surface area (Å²) in [6, 6.07) is 0. The molecule has 118 valence electrons.